The zero-order valence-electron chi connectivity index (χ0n) is 38.6. The van der Waals surface area contributed by atoms with E-state index in [0.29, 0.717) is 112 Å². The van der Waals surface area contributed by atoms with E-state index >= 15 is 0 Å². The number of imidazole rings is 2. The number of phenolic OH excluding ortho intramolecular Hbond substituents is 2. The number of aliphatic hydroxyl groups is 2. The normalized spacial score (nSPS) is 20.8. The summed E-state index contributed by atoms with van der Waals surface area (Å²) in [5.41, 5.74) is 11.0. The number of phenols is 2. The highest BCUT2D eigenvalue weighted by atomic mass is 19.1. The van der Waals surface area contributed by atoms with E-state index in [0.717, 1.165) is 66.8 Å². The maximum atomic E-state index is 14.9. The number of nitrogens with zero attached hydrogens (tertiary/aromatic N) is 8. The number of aromatic amines is 4. The van der Waals surface area contributed by atoms with Crippen LogP contribution in [0.4, 0.5) is 13.6 Å². The summed E-state index contributed by atoms with van der Waals surface area (Å²) < 4.78 is 28.8. The quantitative estimate of drug-likeness (QED) is 0.0750. The molecule has 0 aliphatic carbocycles. The molecule has 12 rings (SSSR count). The lowest BCUT2D eigenvalue weighted by molar-refractivity contribution is -0.0552. The number of aryl methyl sites for hydroxylation is 2. The van der Waals surface area contributed by atoms with Gasteiger partial charge in [0.1, 0.15) is 11.4 Å². The van der Waals surface area contributed by atoms with E-state index in [1.807, 2.05) is 60.0 Å². The van der Waals surface area contributed by atoms with Crippen LogP contribution in [0.2, 0.25) is 0 Å². The van der Waals surface area contributed by atoms with Gasteiger partial charge in [0.2, 0.25) is 0 Å². The van der Waals surface area contributed by atoms with Crippen LogP contribution in [0.3, 0.4) is 0 Å². The van der Waals surface area contributed by atoms with Gasteiger partial charge in [-0.1, -0.05) is 26.0 Å². The van der Waals surface area contributed by atoms with Gasteiger partial charge >= 0.3 is 6.03 Å². The number of rotatable bonds is 8. The van der Waals surface area contributed by atoms with Gasteiger partial charge in [-0.05, 0) is 108 Å². The second kappa shape index (κ2) is 17.0. The van der Waals surface area contributed by atoms with Gasteiger partial charge in [-0.15, -0.1) is 0 Å². The highest BCUT2D eigenvalue weighted by Crippen LogP contribution is 2.39. The van der Waals surface area contributed by atoms with Crippen molar-refractivity contribution in [2.24, 2.45) is 0 Å². The first kappa shape index (κ1) is 44.0. The van der Waals surface area contributed by atoms with Gasteiger partial charge in [0, 0.05) is 62.9 Å². The van der Waals surface area contributed by atoms with Gasteiger partial charge in [0.05, 0.1) is 58.3 Å². The highest BCUT2D eigenvalue weighted by molar-refractivity contribution is 5.95. The lowest BCUT2D eigenvalue weighted by Gasteiger charge is -2.48. The number of benzene rings is 4. The number of hydrogen-bond donors (Lipinski definition) is 8. The number of aromatic nitrogens is 8. The molecule has 2 fully saturated rings. The van der Waals surface area contributed by atoms with E-state index in [9.17, 15) is 34.0 Å². The first-order valence-corrected chi connectivity index (χ1v) is 24.0. The summed E-state index contributed by atoms with van der Waals surface area (Å²) in [5.74, 6) is -0.865. The molecule has 4 aromatic heterocycles. The van der Waals surface area contributed by atoms with Crippen molar-refractivity contribution >= 4 is 27.8 Å². The molecule has 2 saturated heterocycles. The van der Waals surface area contributed by atoms with Crippen molar-refractivity contribution in [3.05, 3.63) is 106 Å². The van der Waals surface area contributed by atoms with E-state index in [4.69, 9.17) is 9.97 Å². The average Bonchev–Trinajstić information content (AvgIpc) is 4.22. The number of carbonyl (C=O) groups excluding carboxylic acids is 1. The first-order chi connectivity index (χ1) is 33.9. The smallest absolute Gasteiger partial charge is 0.322 e. The van der Waals surface area contributed by atoms with Crippen LogP contribution >= 0.6 is 0 Å². The van der Waals surface area contributed by atoms with Crippen LogP contribution in [0, 0.1) is 11.6 Å². The molecule has 4 unspecified atom stereocenters. The van der Waals surface area contributed by atoms with Crippen molar-refractivity contribution in [2.75, 3.05) is 13.1 Å². The number of piperidine rings is 2. The van der Waals surface area contributed by atoms with Gasteiger partial charge in [-0.3, -0.25) is 20.0 Å². The first-order valence-electron chi connectivity index (χ1n) is 24.0. The number of likely N-dealkylation sites (tertiary alicyclic amines) is 2. The number of hydrogen-bond acceptors (Lipinski definition) is 11. The van der Waals surface area contributed by atoms with Crippen molar-refractivity contribution in [1.82, 2.24) is 59.9 Å². The highest BCUT2D eigenvalue weighted by Gasteiger charge is 2.44. The number of nitrogens with one attached hydrogen (secondary N) is 4. The van der Waals surface area contributed by atoms with Crippen molar-refractivity contribution in [3.8, 4) is 56.8 Å². The van der Waals surface area contributed by atoms with Crippen molar-refractivity contribution in [1.29, 1.82) is 0 Å². The second-order valence-corrected chi connectivity index (χ2v) is 19.1. The molecule has 70 heavy (non-hydrogen) atoms. The fourth-order valence-corrected chi connectivity index (χ4v) is 11.2. The Kier molecular flexibility index (Phi) is 10.7. The molecule has 4 aliphatic rings. The minimum absolute atomic E-state index is 0.130. The molecule has 0 radical (unpaired) electrons. The van der Waals surface area contributed by atoms with Gasteiger partial charge in [-0.25, -0.2) is 23.5 Å². The Morgan fingerprint density at radius 3 is 1.50 bits per heavy atom. The Morgan fingerprint density at radius 1 is 0.643 bits per heavy atom. The number of fused-ring (bicyclic) bond motifs is 4. The summed E-state index contributed by atoms with van der Waals surface area (Å²) in [6.07, 6.45) is 1.03. The summed E-state index contributed by atoms with van der Waals surface area (Å²) in [5, 5.41) is 59.0. The van der Waals surface area contributed by atoms with Crippen molar-refractivity contribution in [2.45, 2.75) is 103 Å². The van der Waals surface area contributed by atoms with Gasteiger partial charge < -0.3 is 40.2 Å². The number of carbonyl (C=O) groups is 1. The van der Waals surface area contributed by atoms with Crippen molar-refractivity contribution in [3.63, 3.8) is 0 Å². The Balaban J connectivity index is 0.741. The summed E-state index contributed by atoms with van der Waals surface area (Å²) >= 11 is 0. The molecule has 0 saturated carbocycles. The zero-order chi connectivity index (χ0) is 48.1. The van der Waals surface area contributed by atoms with E-state index in [-0.39, 0.29) is 29.9 Å². The molecule has 0 bridgehead atoms. The lowest BCUT2D eigenvalue weighted by Crippen LogP contribution is -2.63. The fourth-order valence-electron chi connectivity index (χ4n) is 11.2. The molecular weight excluding hydrogens is 899 g/mol. The Labute approximate surface area is 399 Å². The fraction of sp³-hybridized carbons (Fsp3) is 0.353. The SMILES string of the molecule is CCc1cc(O)c(F)cc1-c1ccc2c(-c3nc4c([nH]3)CN(C3CC(O)CCN3C(=O)N3CCC(O)CC3N3Cc5nc(-c6n[nH]c7cc(-c8cc(F)c(O)cc8CC)ccc67)[nH]c5C3)C4)n[nH]c2c1. The molecule has 2 amide bonds. The third-order valence-electron chi connectivity index (χ3n) is 14.9. The van der Waals surface area contributed by atoms with Crippen LogP contribution in [0.1, 0.15) is 73.4 Å². The maximum absolute atomic E-state index is 14.9. The van der Waals surface area contributed by atoms with E-state index in [1.165, 1.54) is 24.3 Å². The lowest BCUT2D eigenvalue weighted by atomic mass is 9.96. The van der Waals surface area contributed by atoms with Crippen LogP contribution in [0.5, 0.6) is 11.5 Å². The van der Waals surface area contributed by atoms with Gasteiger partial charge in [0.15, 0.2) is 34.8 Å². The molecule has 19 heteroatoms. The molecule has 4 aliphatic heterocycles. The number of halogens is 2. The number of H-pyrrole nitrogens is 4. The number of urea groups is 1. The molecule has 0 spiro atoms. The van der Waals surface area contributed by atoms with E-state index in [1.54, 1.807) is 0 Å². The second-order valence-electron chi connectivity index (χ2n) is 19.1. The van der Waals surface area contributed by atoms with Crippen LogP contribution in [-0.2, 0) is 39.0 Å². The van der Waals surface area contributed by atoms with Crippen molar-refractivity contribution < 1.29 is 34.0 Å². The summed E-state index contributed by atoms with van der Waals surface area (Å²) in [7, 11) is 0. The summed E-state index contributed by atoms with van der Waals surface area (Å²) in [6, 6.07) is 17.1. The van der Waals surface area contributed by atoms with Crippen LogP contribution in [-0.4, -0.2) is 124 Å². The Hall–Kier alpha value is -7.19. The molecular formula is C51H52F2N12O5. The molecule has 4 aromatic carbocycles. The molecule has 17 nitrogen and oxygen atoms in total. The predicted molar refractivity (Wildman–Crippen MR) is 256 cm³/mol. The molecule has 4 atom stereocenters. The van der Waals surface area contributed by atoms with E-state index < -0.39 is 23.8 Å². The van der Waals surface area contributed by atoms with E-state index in [2.05, 4.69) is 40.2 Å². The Bertz CT molecular complexity index is 3100. The summed E-state index contributed by atoms with van der Waals surface area (Å²) in [4.78, 5) is 39.9. The van der Waals surface area contributed by atoms with Crippen LogP contribution < -0.4 is 0 Å². The maximum Gasteiger partial charge on any atom is 0.322 e. The molecule has 360 valence electrons. The molecule has 8 heterocycles. The average molecular weight is 951 g/mol. The van der Waals surface area contributed by atoms with Crippen LogP contribution in [0.15, 0.2) is 60.7 Å². The van der Waals surface area contributed by atoms with Crippen LogP contribution in [0.25, 0.3) is 67.1 Å². The predicted octanol–water partition coefficient (Wildman–Crippen LogP) is 7.38. The minimum atomic E-state index is -0.674. The van der Waals surface area contributed by atoms with Gasteiger partial charge in [0.25, 0.3) is 0 Å². The molecule has 8 aromatic rings. The zero-order valence-corrected chi connectivity index (χ0v) is 38.6. The third kappa shape index (κ3) is 7.46. The third-order valence-corrected chi connectivity index (χ3v) is 14.9. The van der Waals surface area contributed by atoms with Gasteiger partial charge in [-0.2, -0.15) is 10.2 Å². The number of aliphatic hydroxyl groups excluding tert-OH is 2. The minimum Gasteiger partial charge on any atom is -0.505 e. The Morgan fingerprint density at radius 2 is 1.09 bits per heavy atom. The topological polar surface area (TPSA) is 226 Å². The standard InChI is InChI=1S/C51H52F2N12O5/c1-3-25-15-43(68)35(52)19-33(25)27-5-7-31-37(13-27)58-60-47(31)49-54-39-21-62(22-40(39)55-49)45-17-29(66)9-11-64(45)51(70)65-12-10-30(67)18-46(65)63-23-41-42(24-63)57-50(56-41)48-32-8-6-28(14-38(32)59-61-48)34-20-36(53)44(69)16-26(34)4-2/h5-8,13-16,19-20,29-30,45-46,66-69H,3-4,9-12,17-18,21-24H2,1-2H3,(H,54,55)(H,56,57)(H,58,60)(H,59,61). The number of amides is 2. The number of aromatic hydroxyl groups is 2. The largest absolute Gasteiger partial charge is 0.505 e. The summed E-state index contributed by atoms with van der Waals surface area (Å²) in [6.45, 7) is 6.59. The molecule has 8 N–H and O–H groups in total. The monoisotopic (exact) mass is 950 g/mol.